The molecule has 1 aromatic rings. The lowest BCUT2D eigenvalue weighted by Crippen LogP contribution is -2.40. The number of rotatable bonds is 6. The van der Waals surface area contributed by atoms with E-state index in [1.165, 1.54) is 12.3 Å². The summed E-state index contributed by atoms with van der Waals surface area (Å²) in [6, 6.07) is 0. The molecule has 0 saturated heterocycles. The average molecular weight is 308 g/mol. The van der Waals surface area contributed by atoms with Gasteiger partial charge in [0.25, 0.3) is 0 Å². The summed E-state index contributed by atoms with van der Waals surface area (Å²) >= 11 is 0.779. The van der Waals surface area contributed by atoms with E-state index in [9.17, 15) is 18.0 Å². The topological polar surface area (TPSA) is 147 Å². The fourth-order valence-corrected chi connectivity index (χ4v) is 3.94. The van der Waals surface area contributed by atoms with Gasteiger partial charge in [0, 0.05) is 6.54 Å². The Hall–Kier alpha value is -1.49. The van der Waals surface area contributed by atoms with Gasteiger partial charge in [-0.25, -0.2) is 17.9 Å². The number of carboxylic acid groups (broad SMARTS) is 1. The fraction of sp³-hybridized carbons (Fsp3) is 0.333. The SMILES string of the molecule is Cc1csc(C(=O)O)c1S(=O)(=O)NCC(O)C(N)=O. The lowest BCUT2D eigenvalue weighted by molar-refractivity contribution is -0.125. The number of aliphatic hydroxyl groups excluding tert-OH is 1. The maximum Gasteiger partial charge on any atom is 0.347 e. The number of aryl methyl sites for hydroxylation is 1. The third-order valence-electron chi connectivity index (χ3n) is 2.18. The molecule has 1 atom stereocenters. The number of hydrogen-bond acceptors (Lipinski definition) is 6. The van der Waals surface area contributed by atoms with Crippen LogP contribution in [0.25, 0.3) is 0 Å². The molecule has 0 spiro atoms. The number of thiophene rings is 1. The molecule has 0 aliphatic heterocycles. The molecule has 1 heterocycles. The first-order chi connectivity index (χ1) is 8.66. The van der Waals surface area contributed by atoms with Crippen molar-refractivity contribution in [2.24, 2.45) is 5.73 Å². The number of aliphatic hydroxyl groups is 1. The zero-order valence-electron chi connectivity index (χ0n) is 9.78. The zero-order chi connectivity index (χ0) is 14.8. The Morgan fingerprint density at radius 3 is 2.58 bits per heavy atom. The predicted octanol–water partition coefficient (Wildman–Crippen LogP) is -1.12. The van der Waals surface area contributed by atoms with Crippen LogP contribution >= 0.6 is 11.3 Å². The molecule has 1 rings (SSSR count). The van der Waals surface area contributed by atoms with Crippen LogP contribution < -0.4 is 10.5 Å². The number of nitrogens with two attached hydrogens (primary N) is 1. The van der Waals surface area contributed by atoms with E-state index in [0.29, 0.717) is 0 Å². The van der Waals surface area contributed by atoms with Crippen LogP contribution in [0, 0.1) is 6.92 Å². The van der Waals surface area contributed by atoms with E-state index in [4.69, 9.17) is 15.9 Å². The quantitative estimate of drug-likeness (QED) is 0.523. The maximum atomic E-state index is 11.9. The Balaban J connectivity index is 3.04. The second-order valence-electron chi connectivity index (χ2n) is 3.65. The molecule has 0 saturated carbocycles. The standard InChI is InChI=1S/C9H12N2O6S2/c1-4-3-18-6(9(14)15)7(4)19(16,17)11-2-5(12)8(10)13/h3,5,11-12H,2H2,1H3,(H2,10,13)(H,14,15). The molecule has 1 amide bonds. The van der Waals surface area contributed by atoms with Gasteiger partial charge < -0.3 is 15.9 Å². The van der Waals surface area contributed by atoms with Crippen molar-refractivity contribution in [1.29, 1.82) is 0 Å². The van der Waals surface area contributed by atoms with Crippen molar-refractivity contribution in [2.75, 3.05) is 6.54 Å². The molecule has 5 N–H and O–H groups in total. The van der Waals surface area contributed by atoms with Crippen molar-refractivity contribution in [3.63, 3.8) is 0 Å². The lowest BCUT2D eigenvalue weighted by atomic mass is 10.3. The van der Waals surface area contributed by atoms with Crippen LogP contribution in [0.3, 0.4) is 0 Å². The van der Waals surface area contributed by atoms with Gasteiger partial charge in [0.2, 0.25) is 15.9 Å². The number of amides is 1. The smallest absolute Gasteiger partial charge is 0.347 e. The lowest BCUT2D eigenvalue weighted by Gasteiger charge is -2.10. The normalized spacial score (nSPS) is 13.2. The van der Waals surface area contributed by atoms with Crippen LogP contribution in [0.1, 0.15) is 15.2 Å². The highest BCUT2D eigenvalue weighted by Gasteiger charge is 2.27. The Kier molecular flexibility index (Phi) is 4.63. The monoisotopic (exact) mass is 308 g/mol. The highest BCUT2D eigenvalue weighted by atomic mass is 32.2. The molecule has 0 fully saturated rings. The number of sulfonamides is 1. The second-order valence-corrected chi connectivity index (χ2v) is 6.24. The van der Waals surface area contributed by atoms with Gasteiger partial charge in [0.15, 0.2) is 0 Å². The molecular formula is C9H12N2O6S2. The van der Waals surface area contributed by atoms with Crippen molar-refractivity contribution < 1.29 is 28.2 Å². The van der Waals surface area contributed by atoms with Crippen molar-refractivity contribution in [1.82, 2.24) is 4.72 Å². The molecule has 106 valence electrons. The van der Waals surface area contributed by atoms with Crippen molar-refractivity contribution >= 4 is 33.2 Å². The van der Waals surface area contributed by atoms with E-state index in [1.807, 2.05) is 4.72 Å². The number of nitrogens with one attached hydrogen (secondary N) is 1. The fourth-order valence-electron chi connectivity index (χ4n) is 1.28. The predicted molar refractivity (Wildman–Crippen MR) is 66.4 cm³/mol. The first-order valence-electron chi connectivity index (χ1n) is 4.95. The molecule has 0 aliphatic rings. The molecule has 19 heavy (non-hydrogen) atoms. The van der Waals surface area contributed by atoms with Crippen LogP contribution in [0.2, 0.25) is 0 Å². The Morgan fingerprint density at radius 2 is 2.11 bits per heavy atom. The van der Waals surface area contributed by atoms with Crippen LogP contribution in [-0.2, 0) is 14.8 Å². The third-order valence-corrected chi connectivity index (χ3v) is 5.00. The molecular weight excluding hydrogens is 296 g/mol. The van der Waals surface area contributed by atoms with Gasteiger partial charge >= 0.3 is 5.97 Å². The first-order valence-corrected chi connectivity index (χ1v) is 7.31. The maximum absolute atomic E-state index is 11.9. The Labute approximate surface area is 112 Å². The van der Waals surface area contributed by atoms with Crippen molar-refractivity contribution in [3.05, 3.63) is 15.8 Å². The summed E-state index contributed by atoms with van der Waals surface area (Å²) in [5.41, 5.74) is 5.04. The highest BCUT2D eigenvalue weighted by molar-refractivity contribution is 7.89. The zero-order valence-corrected chi connectivity index (χ0v) is 11.4. The summed E-state index contributed by atoms with van der Waals surface area (Å²) in [5, 5.41) is 19.4. The summed E-state index contributed by atoms with van der Waals surface area (Å²) in [6.45, 7) is 0.827. The van der Waals surface area contributed by atoms with Gasteiger partial charge in [-0.3, -0.25) is 4.79 Å². The highest BCUT2D eigenvalue weighted by Crippen LogP contribution is 2.26. The van der Waals surface area contributed by atoms with E-state index in [-0.39, 0.29) is 15.3 Å². The first kappa shape index (κ1) is 15.6. The number of carbonyl (C=O) groups is 2. The molecule has 0 aromatic carbocycles. The van der Waals surface area contributed by atoms with Crippen LogP contribution in [-0.4, -0.2) is 43.2 Å². The van der Waals surface area contributed by atoms with Crippen LogP contribution in [0.4, 0.5) is 0 Å². The third kappa shape index (κ3) is 3.50. The van der Waals surface area contributed by atoms with E-state index in [0.717, 1.165) is 11.3 Å². The molecule has 1 unspecified atom stereocenters. The summed E-state index contributed by atoms with van der Waals surface area (Å²) in [6.07, 6.45) is -1.68. The van der Waals surface area contributed by atoms with Crippen LogP contribution in [0.15, 0.2) is 10.3 Å². The van der Waals surface area contributed by atoms with Gasteiger partial charge in [0.1, 0.15) is 15.9 Å². The average Bonchev–Trinajstić information content (AvgIpc) is 2.68. The molecule has 10 heteroatoms. The van der Waals surface area contributed by atoms with Crippen molar-refractivity contribution in [3.8, 4) is 0 Å². The molecule has 8 nitrogen and oxygen atoms in total. The second kappa shape index (κ2) is 5.65. The van der Waals surface area contributed by atoms with Gasteiger partial charge in [-0.15, -0.1) is 11.3 Å². The molecule has 0 aliphatic carbocycles. The van der Waals surface area contributed by atoms with E-state index >= 15 is 0 Å². The molecule has 0 radical (unpaired) electrons. The number of carbonyl (C=O) groups excluding carboxylic acids is 1. The molecule has 1 aromatic heterocycles. The minimum atomic E-state index is -4.14. The summed E-state index contributed by atoms with van der Waals surface area (Å²) in [7, 11) is -4.14. The van der Waals surface area contributed by atoms with Crippen LogP contribution in [0.5, 0.6) is 0 Å². The van der Waals surface area contributed by atoms with Crippen molar-refractivity contribution in [2.45, 2.75) is 17.9 Å². The Bertz CT molecular complexity index is 606. The number of aromatic carboxylic acids is 1. The Morgan fingerprint density at radius 1 is 1.53 bits per heavy atom. The van der Waals surface area contributed by atoms with Gasteiger partial charge in [0.05, 0.1) is 0 Å². The van der Waals surface area contributed by atoms with E-state index < -0.39 is 34.5 Å². The summed E-state index contributed by atoms with van der Waals surface area (Å²) in [4.78, 5) is 20.8. The minimum Gasteiger partial charge on any atom is -0.477 e. The number of primary amides is 1. The molecule has 0 bridgehead atoms. The number of hydrogen-bond donors (Lipinski definition) is 4. The largest absolute Gasteiger partial charge is 0.477 e. The number of carboxylic acids is 1. The minimum absolute atomic E-state index is 0.267. The van der Waals surface area contributed by atoms with Gasteiger partial charge in [-0.1, -0.05) is 0 Å². The van der Waals surface area contributed by atoms with Gasteiger partial charge in [-0.05, 0) is 17.9 Å². The van der Waals surface area contributed by atoms with E-state index in [1.54, 1.807) is 0 Å². The van der Waals surface area contributed by atoms with E-state index in [2.05, 4.69) is 0 Å². The summed E-state index contributed by atoms with van der Waals surface area (Å²) < 4.78 is 25.8. The van der Waals surface area contributed by atoms with Gasteiger partial charge in [-0.2, -0.15) is 0 Å². The summed E-state index contributed by atoms with van der Waals surface area (Å²) in [5.74, 6) is -2.45.